The molecule has 2 aromatic rings. The second-order valence-electron chi connectivity index (χ2n) is 3.41. The maximum atomic E-state index is 12.4. The smallest absolute Gasteiger partial charge is 0.397 e. The van der Waals surface area contributed by atoms with E-state index in [0.29, 0.717) is 11.5 Å². The van der Waals surface area contributed by atoms with Gasteiger partial charge < -0.3 is 5.73 Å². The first-order valence-electron chi connectivity index (χ1n) is 4.61. The number of rotatable bonds is 1. The number of alkyl halides is 3. The van der Waals surface area contributed by atoms with E-state index in [1.54, 1.807) is 6.92 Å². The molecule has 17 heavy (non-hydrogen) atoms. The van der Waals surface area contributed by atoms with Crippen LogP contribution in [0.1, 0.15) is 11.4 Å². The van der Waals surface area contributed by atoms with Gasteiger partial charge in [-0.1, -0.05) is 0 Å². The summed E-state index contributed by atoms with van der Waals surface area (Å²) in [7, 11) is 0. The van der Waals surface area contributed by atoms with Crippen molar-refractivity contribution in [2.45, 2.75) is 13.1 Å². The minimum atomic E-state index is -4.41. The van der Waals surface area contributed by atoms with Crippen LogP contribution in [0.3, 0.4) is 0 Å². The van der Waals surface area contributed by atoms with Crippen molar-refractivity contribution in [2.75, 3.05) is 5.73 Å². The van der Waals surface area contributed by atoms with Crippen LogP contribution in [-0.4, -0.2) is 20.2 Å². The molecule has 0 saturated heterocycles. The summed E-state index contributed by atoms with van der Waals surface area (Å²) in [4.78, 5) is 0. The molecule has 0 unspecified atom stereocenters. The van der Waals surface area contributed by atoms with E-state index >= 15 is 0 Å². The lowest BCUT2D eigenvalue weighted by Crippen LogP contribution is -2.09. The lowest BCUT2D eigenvalue weighted by Gasteiger charge is -2.10. The van der Waals surface area contributed by atoms with Gasteiger partial charge in [0.05, 0.1) is 16.9 Å². The molecule has 0 radical (unpaired) electrons. The Balaban J connectivity index is 2.50. The molecule has 0 amide bonds. The highest BCUT2D eigenvalue weighted by atomic mass is 19.4. The first-order valence-corrected chi connectivity index (χ1v) is 4.61. The van der Waals surface area contributed by atoms with Gasteiger partial charge in [0.2, 0.25) is 0 Å². The molecule has 90 valence electrons. The number of nitrogens with zero attached hydrogens (tertiary/aromatic N) is 4. The van der Waals surface area contributed by atoms with Crippen LogP contribution < -0.4 is 5.73 Å². The molecule has 0 atom stereocenters. The van der Waals surface area contributed by atoms with Gasteiger partial charge in [0.1, 0.15) is 0 Å². The maximum Gasteiger partial charge on any atom is 0.416 e. The molecule has 2 N–H and O–H groups in total. The zero-order valence-corrected chi connectivity index (χ0v) is 8.73. The normalized spacial score (nSPS) is 11.8. The number of hydrogen-bond acceptors (Lipinski definition) is 4. The Morgan fingerprint density at radius 1 is 1.29 bits per heavy atom. The quantitative estimate of drug-likeness (QED) is 0.772. The largest absolute Gasteiger partial charge is 0.416 e. The average molecular weight is 243 g/mol. The molecule has 0 aliphatic rings. The van der Waals surface area contributed by atoms with Crippen LogP contribution in [0.15, 0.2) is 18.2 Å². The van der Waals surface area contributed by atoms with Crippen LogP contribution in [0, 0.1) is 6.92 Å². The summed E-state index contributed by atoms with van der Waals surface area (Å²) >= 11 is 0. The van der Waals surface area contributed by atoms with E-state index in [2.05, 4.69) is 15.5 Å². The maximum absolute atomic E-state index is 12.4. The van der Waals surface area contributed by atoms with E-state index in [1.165, 1.54) is 10.7 Å². The van der Waals surface area contributed by atoms with Crippen LogP contribution in [-0.2, 0) is 6.18 Å². The Morgan fingerprint density at radius 2 is 2.00 bits per heavy atom. The fourth-order valence-electron chi connectivity index (χ4n) is 1.38. The number of nitrogen functional groups attached to an aromatic ring is 1. The van der Waals surface area contributed by atoms with Crippen molar-refractivity contribution in [3.63, 3.8) is 0 Å². The summed E-state index contributed by atoms with van der Waals surface area (Å²) in [5.74, 6) is 0.441. The topological polar surface area (TPSA) is 69.6 Å². The van der Waals surface area contributed by atoms with Gasteiger partial charge in [-0.2, -0.15) is 17.9 Å². The van der Waals surface area contributed by atoms with Crippen LogP contribution in [0.25, 0.3) is 5.69 Å². The minimum absolute atomic E-state index is 0.0322. The van der Waals surface area contributed by atoms with E-state index in [-0.39, 0.29) is 5.69 Å². The SMILES string of the molecule is Cc1nnnn1-c1ccc(C(F)(F)F)cc1N. The van der Waals surface area contributed by atoms with Gasteiger partial charge in [0.25, 0.3) is 0 Å². The summed E-state index contributed by atoms with van der Waals surface area (Å²) in [5.41, 5.74) is 5.05. The minimum Gasteiger partial charge on any atom is -0.397 e. The van der Waals surface area contributed by atoms with E-state index in [1.807, 2.05) is 0 Å². The van der Waals surface area contributed by atoms with Crippen molar-refractivity contribution in [3.05, 3.63) is 29.6 Å². The second kappa shape index (κ2) is 3.72. The van der Waals surface area contributed by atoms with E-state index in [0.717, 1.165) is 12.1 Å². The number of aromatic nitrogens is 4. The molecule has 5 nitrogen and oxygen atoms in total. The number of hydrogen-bond donors (Lipinski definition) is 1. The van der Waals surface area contributed by atoms with E-state index in [4.69, 9.17) is 5.73 Å². The number of nitrogens with two attached hydrogens (primary N) is 1. The Kier molecular flexibility index (Phi) is 2.49. The highest BCUT2D eigenvalue weighted by Crippen LogP contribution is 2.32. The number of aryl methyl sites for hydroxylation is 1. The van der Waals surface area contributed by atoms with Gasteiger partial charge in [-0.25, -0.2) is 0 Å². The molecule has 8 heteroatoms. The monoisotopic (exact) mass is 243 g/mol. The van der Waals surface area contributed by atoms with E-state index < -0.39 is 11.7 Å². The average Bonchev–Trinajstić information content (AvgIpc) is 2.63. The summed E-state index contributed by atoms with van der Waals surface area (Å²) in [6, 6.07) is 3.03. The van der Waals surface area contributed by atoms with Crippen molar-refractivity contribution in [3.8, 4) is 5.69 Å². The Hall–Kier alpha value is -2.12. The number of halogens is 3. The van der Waals surface area contributed by atoms with Crippen LogP contribution in [0.2, 0.25) is 0 Å². The first kappa shape index (κ1) is 11.4. The van der Waals surface area contributed by atoms with E-state index in [9.17, 15) is 13.2 Å². The van der Waals surface area contributed by atoms with Crippen molar-refractivity contribution in [2.24, 2.45) is 0 Å². The van der Waals surface area contributed by atoms with Crippen molar-refractivity contribution in [1.29, 1.82) is 0 Å². The van der Waals surface area contributed by atoms with Gasteiger partial charge in [-0.05, 0) is 35.5 Å². The van der Waals surface area contributed by atoms with Gasteiger partial charge in [0, 0.05) is 0 Å². The standard InChI is InChI=1S/C9H8F3N5/c1-5-14-15-16-17(5)8-3-2-6(4-7(8)13)9(10,11)12/h2-4H,13H2,1H3. The predicted octanol–water partition coefficient (Wildman–Crippen LogP) is 1.57. The van der Waals surface area contributed by atoms with Crippen molar-refractivity contribution < 1.29 is 13.2 Å². The lowest BCUT2D eigenvalue weighted by molar-refractivity contribution is -0.137. The molecule has 2 rings (SSSR count). The summed E-state index contributed by atoms with van der Waals surface area (Å²) in [6.07, 6.45) is -4.41. The molecule has 0 bridgehead atoms. The van der Waals surface area contributed by atoms with Gasteiger partial charge in [-0.3, -0.25) is 0 Å². The summed E-state index contributed by atoms with van der Waals surface area (Å²) < 4.78 is 38.5. The van der Waals surface area contributed by atoms with Crippen LogP contribution in [0.5, 0.6) is 0 Å². The van der Waals surface area contributed by atoms with Crippen LogP contribution >= 0.6 is 0 Å². The van der Waals surface area contributed by atoms with Crippen LogP contribution in [0.4, 0.5) is 18.9 Å². The molecule has 0 spiro atoms. The second-order valence-corrected chi connectivity index (χ2v) is 3.41. The third-order valence-corrected chi connectivity index (χ3v) is 2.21. The third-order valence-electron chi connectivity index (χ3n) is 2.21. The predicted molar refractivity (Wildman–Crippen MR) is 53.3 cm³/mol. The molecular formula is C9H8F3N5. The zero-order valence-electron chi connectivity index (χ0n) is 8.73. The molecule has 0 saturated carbocycles. The highest BCUT2D eigenvalue weighted by Gasteiger charge is 2.31. The fourth-order valence-corrected chi connectivity index (χ4v) is 1.38. The summed E-state index contributed by atoms with van der Waals surface area (Å²) in [5, 5.41) is 10.7. The molecule has 1 aromatic heterocycles. The molecule has 0 fully saturated rings. The first-order chi connectivity index (χ1) is 7.89. The van der Waals surface area contributed by atoms with Gasteiger partial charge in [0.15, 0.2) is 5.82 Å². The molecule has 0 aliphatic heterocycles. The lowest BCUT2D eigenvalue weighted by atomic mass is 10.1. The fraction of sp³-hybridized carbons (Fsp3) is 0.222. The van der Waals surface area contributed by atoms with Crippen molar-refractivity contribution in [1.82, 2.24) is 20.2 Å². The zero-order chi connectivity index (χ0) is 12.6. The Morgan fingerprint density at radius 3 is 2.47 bits per heavy atom. The van der Waals surface area contributed by atoms with Crippen molar-refractivity contribution >= 4 is 5.69 Å². The Bertz CT molecular complexity index is 546. The Labute approximate surface area is 94.0 Å². The number of tetrazole rings is 1. The molecule has 1 heterocycles. The molecule has 0 aliphatic carbocycles. The van der Waals surface area contributed by atoms with Gasteiger partial charge in [-0.15, -0.1) is 5.10 Å². The molecular weight excluding hydrogens is 235 g/mol. The third kappa shape index (κ3) is 2.05. The number of anilines is 1. The number of benzene rings is 1. The highest BCUT2D eigenvalue weighted by molar-refractivity contribution is 5.59. The summed E-state index contributed by atoms with van der Waals surface area (Å²) in [6.45, 7) is 1.62. The molecule has 1 aromatic carbocycles. The van der Waals surface area contributed by atoms with Gasteiger partial charge >= 0.3 is 6.18 Å².